The van der Waals surface area contributed by atoms with Crippen molar-refractivity contribution in [3.05, 3.63) is 23.3 Å². The van der Waals surface area contributed by atoms with E-state index < -0.39 is 33.9 Å². The Morgan fingerprint density at radius 3 is 1.54 bits per heavy atom. The lowest BCUT2D eigenvalue weighted by molar-refractivity contribution is 0.431. The van der Waals surface area contributed by atoms with E-state index in [1.807, 2.05) is 0 Å². The van der Waals surface area contributed by atoms with Crippen LogP contribution in [0.2, 0.25) is 0 Å². The molecule has 0 radical (unpaired) electrons. The molecular weight excluding hydrogens is 208 g/mol. The van der Waals surface area contributed by atoms with Crippen molar-refractivity contribution in [3.8, 4) is 0 Å². The lowest BCUT2D eigenvalue weighted by Crippen LogP contribution is -2.05. The predicted octanol–water partition coefficient (Wildman–Crippen LogP) is 1.79. The molecule has 0 atom stereocenters. The summed E-state index contributed by atoms with van der Waals surface area (Å²) in [6, 6.07) is 0. The monoisotopic (exact) mass is 212 g/mol. The zero-order valence-corrected chi connectivity index (χ0v) is 6.89. The molecule has 0 saturated heterocycles. The summed E-state index contributed by atoms with van der Waals surface area (Å²) in [6.07, 6.45) is 0. The normalized spacial score (nSPS) is 10.5. The van der Waals surface area contributed by atoms with Crippen LogP contribution in [-0.4, -0.2) is 0 Å². The minimum absolute atomic E-state index is 0.0735. The Labute approximate surface area is 75.0 Å². The number of rotatable bonds is 1. The molecule has 0 saturated carbocycles. The lowest BCUT2D eigenvalue weighted by atomic mass is 10.2. The number of nitrogens with two attached hydrogens (primary N) is 2. The Morgan fingerprint density at radius 1 is 0.846 bits per heavy atom. The Balaban J connectivity index is 3.56. The van der Waals surface area contributed by atoms with E-state index in [-0.39, 0.29) is 11.9 Å². The molecule has 0 amide bonds. The summed E-state index contributed by atoms with van der Waals surface area (Å²) in [6.45, 7) is 0. The van der Waals surface area contributed by atoms with Crippen molar-refractivity contribution in [1.29, 1.82) is 0 Å². The zero-order chi connectivity index (χ0) is 10.2. The second-order valence-electron chi connectivity index (χ2n) is 2.12. The third-order valence-electron chi connectivity index (χ3n) is 1.37. The second-order valence-corrected chi connectivity index (χ2v) is 2.76. The van der Waals surface area contributed by atoms with Gasteiger partial charge in [0.2, 0.25) is 0 Å². The van der Waals surface area contributed by atoms with Crippen LogP contribution in [0.4, 0.5) is 23.2 Å². The number of hydrogen-bond donors (Lipinski definition) is 2. The molecule has 0 aliphatic carbocycles. The lowest BCUT2D eigenvalue weighted by Gasteiger charge is -2.05. The number of hydrogen-bond acceptors (Lipinski definition) is 3. The zero-order valence-electron chi connectivity index (χ0n) is 6.07. The molecule has 72 valence electrons. The van der Waals surface area contributed by atoms with Crippen molar-refractivity contribution in [2.24, 2.45) is 5.14 Å². The highest BCUT2D eigenvalue weighted by molar-refractivity contribution is 7.97. The van der Waals surface area contributed by atoms with Crippen LogP contribution in [0, 0.1) is 23.3 Å². The molecule has 0 spiro atoms. The molecule has 0 aliphatic heterocycles. The molecule has 4 N–H and O–H groups in total. The van der Waals surface area contributed by atoms with Crippen LogP contribution < -0.4 is 10.9 Å². The molecule has 0 aromatic heterocycles. The summed E-state index contributed by atoms with van der Waals surface area (Å²) in [5, 5.41) is 4.80. The highest BCUT2D eigenvalue weighted by atomic mass is 32.2. The topological polar surface area (TPSA) is 52.0 Å². The van der Waals surface area contributed by atoms with Gasteiger partial charge in [-0.05, 0) is 11.9 Å². The van der Waals surface area contributed by atoms with E-state index in [0.717, 1.165) is 0 Å². The molecular formula is C6H4F4N2S. The fourth-order valence-electron chi connectivity index (χ4n) is 0.732. The Bertz CT molecular complexity index is 326. The molecule has 1 aromatic carbocycles. The van der Waals surface area contributed by atoms with Gasteiger partial charge in [-0.15, -0.1) is 0 Å². The highest BCUT2D eigenvalue weighted by Crippen LogP contribution is 2.29. The van der Waals surface area contributed by atoms with Gasteiger partial charge in [-0.3, -0.25) is 5.14 Å². The van der Waals surface area contributed by atoms with E-state index in [0.29, 0.717) is 0 Å². The second kappa shape index (κ2) is 3.43. The van der Waals surface area contributed by atoms with Gasteiger partial charge in [0, 0.05) is 0 Å². The summed E-state index contributed by atoms with van der Waals surface area (Å²) in [5.74, 6) is -6.42. The van der Waals surface area contributed by atoms with Crippen LogP contribution in [-0.2, 0) is 0 Å². The molecule has 1 rings (SSSR count). The summed E-state index contributed by atoms with van der Waals surface area (Å²) in [5.41, 5.74) is 3.54. The van der Waals surface area contributed by atoms with Gasteiger partial charge in [0.25, 0.3) is 0 Å². The van der Waals surface area contributed by atoms with E-state index in [1.54, 1.807) is 0 Å². The molecule has 0 heterocycles. The summed E-state index contributed by atoms with van der Waals surface area (Å²) in [4.78, 5) is -0.927. The van der Waals surface area contributed by atoms with Gasteiger partial charge < -0.3 is 5.73 Å². The van der Waals surface area contributed by atoms with Crippen LogP contribution in [0.3, 0.4) is 0 Å². The molecule has 0 fully saturated rings. The Kier molecular flexibility index (Phi) is 2.67. The molecule has 0 bridgehead atoms. The largest absolute Gasteiger partial charge is 0.394 e. The molecule has 7 heteroatoms. The van der Waals surface area contributed by atoms with Gasteiger partial charge in [0.05, 0.1) is 0 Å². The van der Waals surface area contributed by atoms with Crippen molar-refractivity contribution in [1.82, 2.24) is 0 Å². The number of halogens is 4. The first kappa shape index (κ1) is 10.1. The van der Waals surface area contributed by atoms with Crippen LogP contribution in [0.1, 0.15) is 0 Å². The van der Waals surface area contributed by atoms with E-state index in [2.05, 4.69) is 0 Å². The number of anilines is 1. The summed E-state index contributed by atoms with van der Waals surface area (Å²) >= 11 is 0.0735. The van der Waals surface area contributed by atoms with E-state index in [9.17, 15) is 17.6 Å². The van der Waals surface area contributed by atoms with Crippen LogP contribution >= 0.6 is 11.9 Å². The van der Waals surface area contributed by atoms with Gasteiger partial charge in [-0.1, -0.05) is 0 Å². The summed E-state index contributed by atoms with van der Waals surface area (Å²) < 4.78 is 50.8. The van der Waals surface area contributed by atoms with Gasteiger partial charge in [0.15, 0.2) is 23.3 Å². The molecule has 1 aromatic rings. The predicted molar refractivity (Wildman–Crippen MR) is 40.7 cm³/mol. The average Bonchev–Trinajstić information content (AvgIpc) is 2.13. The Hall–Kier alpha value is -0.950. The summed E-state index contributed by atoms with van der Waals surface area (Å²) in [7, 11) is 0. The van der Waals surface area contributed by atoms with Gasteiger partial charge in [-0.2, -0.15) is 0 Å². The highest BCUT2D eigenvalue weighted by Gasteiger charge is 2.23. The first-order chi connectivity index (χ1) is 6.00. The molecule has 2 nitrogen and oxygen atoms in total. The van der Waals surface area contributed by atoms with E-state index >= 15 is 0 Å². The molecule has 0 aliphatic rings. The smallest absolute Gasteiger partial charge is 0.186 e. The van der Waals surface area contributed by atoms with Crippen molar-refractivity contribution in [3.63, 3.8) is 0 Å². The maximum absolute atomic E-state index is 12.7. The minimum atomic E-state index is -1.63. The SMILES string of the molecule is NSc1c(F)c(F)c(N)c(F)c1F. The van der Waals surface area contributed by atoms with Crippen LogP contribution in [0.15, 0.2) is 4.90 Å². The number of benzene rings is 1. The fraction of sp³-hybridized carbons (Fsp3) is 0. The quantitative estimate of drug-likeness (QED) is 0.323. The molecule has 13 heavy (non-hydrogen) atoms. The van der Waals surface area contributed by atoms with Crippen molar-refractivity contribution in [2.75, 3.05) is 5.73 Å². The standard InChI is InChI=1S/C6H4F4N2S/c7-1-3(9)6(13-12)4(10)2(8)5(1)11/h11-12H2. The van der Waals surface area contributed by atoms with E-state index in [1.165, 1.54) is 0 Å². The van der Waals surface area contributed by atoms with Crippen molar-refractivity contribution in [2.45, 2.75) is 4.90 Å². The maximum atomic E-state index is 12.7. The van der Waals surface area contributed by atoms with Gasteiger partial charge >= 0.3 is 0 Å². The number of nitrogen functional groups attached to an aromatic ring is 1. The third-order valence-corrected chi connectivity index (χ3v) is 1.97. The first-order valence-corrected chi connectivity index (χ1v) is 3.86. The molecule has 0 unspecified atom stereocenters. The van der Waals surface area contributed by atoms with Crippen LogP contribution in [0.25, 0.3) is 0 Å². The maximum Gasteiger partial charge on any atom is 0.186 e. The van der Waals surface area contributed by atoms with Crippen molar-refractivity contribution < 1.29 is 17.6 Å². The average molecular weight is 212 g/mol. The van der Waals surface area contributed by atoms with E-state index in [4.69, 9.17) is 10.9 Å². The van der Waals surface area contributed by atoms with Crippen LogP contribution in [0.5, 0.6) is 0 Å². The first-order valence-electron chi connectivity index (χ1n) is 2.98. The van der Waals surface area contributed by atoms with Gasteiger partial charge in [0.1, 0.15) is 10.6 Å². The van der Waals surface area contributed by atoms with Crippen molar-refractivity contribution >= 4 is 17.6 Å². The third kappa shape index (κ3) is 1.44. The van der Waals surface area contributed by atoms with Gasteiger partial charge in [-0.25, -0.2) is 17.6 Å². The fourth-order valence-corrected chi connectivity index (χ4v) is 1.12. The Morgan fingerprint density at radius 2 is 1.23 bits per heavy atom. The minimum Gasteiger partial charge on any atom is -0.394 e.